The molecule has 0 saturated carbocycles. The molecule has 0 heterocycles. The van der Waals surface area contributed by atoms with Gasteiger partial charge in [0, 0.05) is 4.47 Å². The molecule has 2 aromatic rings. The summed E-state index contributed by atoms with van der Waals surface area (Å²) in [4.78, 5) is 23.9. The van der Waals surface area contributed by atoms with E-state index in [0.717, 1.165) is 10.0 Å². The van der Waals surface area contributed by atoms with Crippen molar-refractivity contribution in [1.82, 2.24) is 5.32 Å². The summed E-state index contributed by atoms with van der Waals surface area (Å²) in [6.45, 7) is 1.56. The molecular weight excluding hydrogens is 374 g/mol. The van der Waals surface area contributed by atoms with Gasteiger partial charge in [-0.3, -0.25) is 4.79 Å². The molecule has 1 amide bonds. The number of para-hydroxylation sites is 1. The predicted molar refractivity (Wildman–Crippen MR) is 93.7 cm³/mol. The fraction of sp³-hybridized carbons (Fsp3) is 0.222. The number of phenols is 1. The van der Waals surface area contributed by atoms with E-state index < -0.39 is 18.5 Å². The minimum atomic E-state index is -0.736. The lowest BCUT2D eigenvalue weighted by Gasteiger charge is -2.17. The number of halogens is 1. The average Bonchev–Trinajstić information content (AvgIpc) is 2.59. The van der Waals surface area contributed by atoms with Crippen LogP contribution >= 0.6 is 15.9 Å². The van der Waals surface area contributed by atoms with Crippen LogP contribution in [0.15, 0.2) is 53.0 Å². The Bertz CT molecular complexity index is 715. The van der Waals surface area contributed by atoms with Crippen molar-refractivity contribution in [2.24, 2.45) is 0 Å². The van der Waals surface area contributed by atoms with Crippen molar-refractivity contribution in [2.75, 3.05) is 6.61 Å². The normalized spacial score (nSPS) is 11.6. The lowest BCUT2D eigenvalue weighted by Crippen LogP contribution is -2.32. The minimum Gasteiger partial charge on any atom is -0.507 e. The summed E-state index contributed by atoms with van der Waals surface area (Å²) < 4.78 is 5.91. The predicted octanol–water partition coefficient (Wildman–Crippen LogP) is 3.58. The van der Waals surface area contributed by atoms with Gasteiger partial charge in [0.15, 0.2) is 6.61 Å². The molecule has 2 N–H and O–H groups in total. The first-order valence-electron chi connectivity index (χ1n) is 7.51. The molecule has 6 heteroatoms. The average molecular weight is 392 g/mol. The number of esters is 1. The van der Waals surface area contributed by atoms with Gasteiger partial charge in [0.2, 0.25) is 0 Å². The van der Waals surface area contributed by atoms with Crippen LogP contribution in [0, 0.1) is 0 Å². The van der Waals surface area contributed by atoms with Crippen molar-refractivity contribution < 1.29 is 19.4 Å². The second-order valence-electron chi connectivity index (χ2n) is 5.17. The molecular formula is C18H18BrNO4. The summed E-state index contributed by atoms with van der Waals surface area (Å²) in [5.41, 5.74) is 1.01. The van der Waals surface area contributed by atoms with E-state index >= 15 is 0 Å². The van der Waals surface area contributed by atoms with Crippen LogP contribution in [0.5, 0.6) is 5.75 Å². The molecule has 0 radical (unpaired) electrons. The van der Waals surface area contributed by atoms with E-state index in [4.69, 9.17) is 4.74 Å². The van der Waals surface area contributed by atoms with Crippen LogP contribution < -0.4 is 5.32 Å². The van der Waals surface area contributed by atoms with Gasteiger partial charge in [-0.1, -0.05) is 47.1 Å². The van der Waals surface area contributed by atoms with Crippen molar-refractivity contribution in [3.8, 4) is 5.75 Å². The zero-order chi connectivity index (χ0) is 17.5. The second kappa shape index (κ2) is 8.49. The van der Waals surface area contributed by atoms with Gasteiger partial charge in [0.25, 0.3) is 5.91 Å². The van der Waals surface area contributed by atoms with Gasteiger partial charge in [0.1, 0.15) is 11.3 Å². The topological polar surface area (TPSA) is 75.6 Å². The third-order valence-corrected chi connectivity index (χ3v) is 4.00. The van der Waals surface area contributed by atoms with Gasteiger partial charge in [0.05, 0.1) is 6.04 Å². The maximum atomic E-state index is 12.0. The van der Waals surface area contributed by atoms with Gasteiger partial charge in [-0.15, -0.1) is 0 Å². The van der Waals surface area contributed by atoms with E-state index in [1.165, 1.54) is 12.1 Å². The minimum absolute atomic E-state index is 0.0326. The molecule has 0 spiro atoms. The number of carbonyl (C=O) groups excluding carboxylic acids is 2. The lowest BCUT2D eigenvalue weighted by molar-refractivity contribution is -0.125. The molecule has 0 aromatic heterocycles. The highest BCUT2D eigenvalue weighted by Crippen LogP contribution is 2.20. The van der Waals surface area contributed by atoms with E-state index in [9.17, 15) is 14.7 Å². The number of aromatic hydroxyl groups is 1. The number of hydrogen-bond acceptors (Lipinski definition) is 4. The van der Waals surface area contributed by atoms with Crippen LogP contribution in [0.2, 0.25) is 0 Å². The summed E-state index contributed by atoms with van der Waals surface area (Å²) in [6.07, 6.45) is 0.709. The van der Waals surface area contributed by atoms with Gasteiger partial charge in [-0.25, -0.2) is 4.79 Å². The van der Waals surface area contributed by atoms with Gasteiger partial charge in [-0.05, 0) is 36.2 Å². The smallest absolute Gasteiger partial charge is 0.342 e. The second-order valence-corrected chi connectivity index (χ2v) is 6.09. The van der Waals surface area contributed by atoms with Crippen molar-refractivity contribution in [3.63, 3.8) is 0 Å². The number of hydrogen-bond donors (Lipinski definition) is 2. The molecule has 1 atom stereocenters. The number of rotatable bonds is 6. The first-order chi connectivity index (χ1) is 11.5. The fourth-order valence-corrected chi connectivity index (χ4v) is 2.47. The highest BCUT2D eigenvalue weighted by Gasteiger charge is 2.16. The first-order valence-corrected chi connectivity index (χ1v) is 8.30. The van der Waals surface area contributed by atoms with Crippen LogP contribution in [0.1, 0.15) is 35.3 Å². The van der Waals surface area contributed by atoms with E-state index in [1.54, 1.807) is 12.1 Å². The van der Waals surface area contributed by atoms with Crippen molar-refractivity contribution in [3.05, 3.63) is 64.1 Å². The molecule has 0 bridgehead atoms. The van der Waals surface area contributed by atoms with Gasteiger partial charge in [-0.2, -0.15) is 0 Å². The maximum absolute atomic E-state index is 12.0. The molecule has 2 rings (SSSR count). The standard InChI is InChI=1S/C18H18BrNO4/c1-2-15(12-7-9-13(19)10-8-12)20-17(22)11-24-18(23)14-5-3-4-6-16(14)21/h3-10,15,21H,2,11H2,1H3,(H,20,22)/t15-/m0/s1. The number of phenolic OH excluding ortho intramolecular Hbond substituents is 1. The molecule has 0 aliphatic heterocycles. The fourth-order valence-electron chi connectivity index (χ4n) is 2.21. The monoisotopic (exact) mass is 391 g/mol. The summed E-state index contributed by atoms with van der Waals surface area (Å²) in [6, 6.07) is 13.5. The maximum Gasteiger partial charge on any atom is 0.342 e. The lowest BCUT2D eigenvalue weighted by atomic mass is 10.0. The third-order valence-electron chi connectivity index (χ3n) is 3.47. The zero-order valence-corrected chi connectivity index (χ0v) is 14.7. The van der Waals surface area contributed by atoms with Gasteiger partial charge < -0.3 is 15.2 Å². The Morgan fingerprint density at radius 3 is 2.46 bits per heavy atom. The van der Waals surface area contributed by atoms with E-state index in [1.807, 2.05) is 31.2 Å². The SMILES string of the molecule is CC[C@H](NC(=O)COC(=O)c1ccccc1O)c1ccc(Br)cc1. The number of carbonyl (C=O) groups is 2. The van der Waals surface area contributed by atoms with Crippen LogP contribution in [0.4, 0.5) is 0 Å². The van der Waals surface area contributed by atoms with Crippen LogP contribution in [0.3, 0.4) is 0 Å². The Morgan fingerprint density at radius 2 is 1.83 bits per heavy atom. The van der Waals surface area contributed by atoms with Crippen LogP contribution in [-0.2, 0) is 9.53 Å². The Balaban J connectivity index is 1.91. The summed E-state index contributed by atoms with van der Waals surface area (Å²) in [5.74, 6) is -1.31. The van der Waals surface area contributed by atoms with Crippen LogP contribution in [0.25, 0.3) is 0 Å². The van der Waals surface area contributed by atoms with E-state index in [-0.39, 0.29) is 17.4 Å². The highest BCUT2D eigenvalue weighted by molar-refractivity contribution is 9.10. The van der Waals surface area contributed by atoms with Crippen LogP contribution in [-0.4, -0.2) is 23.6 Å². The van der Waals surface area contributed by atoms with Crippen molar-refractivity contribution in [2.45, 2.75) is 19.4 Å². The zero-order valence-electron chi connectivity index (χ0n) is 13.2. The van der Waals surface area contributed by atoms with Gasteiger partial charge >= 0.3 is 5.97 Å². The summed E-state index contributed by atoms with van der Waals surface area (Å²) in [7, 11) is 0. The van der Waals surface area contributed by atoms with Crippen molar-refractivity contribution >= 4 is 27.8 Å². The molecule has 0 aliphatic rings. The Hall–Kier alpha value is -2.34. The quantitative estimate of drug-likeness (QED) is 0.737. The highest BCUT2D eigenvalue weighted by atomic mass is 79.9. The Morgan fingerprint density at radius 1 is 1.17 bits per heavy atom. The van der Waals surface area contributed by atoms with Crippen molar-refractivity contribution in [1.29, 1.82) is 0 Å². The molecule has 0 unspecified atom stereocenters. The molecule has 126 valence electrons. The number of nitrogens with one attached hydrogen (secondary N) is 1. The number of ether oxygens (including phenoxy) is 1. The molecule has 0 aliphatic carbocycles. The Kier molecular flexibility index (Phi) is 6.37. The third kappa shape index (κ3) is 4.83. The summed E-state index contributed by atoms with van der Waals surface area (Å²) >= 11 is 3.37. The molecule has 2 aromatic carbocycles. The summed E-state index contributed by atoms with van der Waals surface area (Å²) in [5, 5.41) is 12.4. The molecule has 0 saturated heterocycles. The van der Waals surface area contributed by atoms with E-state index in [2.05, 4.69) is 21.2 Å². The number of benzene rings is 2. The molecule has 0 fully saturated rings. The molecule has 5 nitrogen and oxygen atoms in total. The first kappa shape index (κ1) is 18.0. The van der Waals surface area contributed by atoms with E-state index in [0.29, 0.717) is 6.42 Å². The molecule has 24 heavy (non-hydrogen) atoms. The Labute approximate surface area is 148 Å². The largest absolute Gasteiger partial charge is 0.507 e. The number of amides is 1.